The van der Waals surface area contributed by atoms with E-state index in [2.05, 4.69) is 20.2 Å². The van der Waals surface area contributed by atoms with Crippen molar-refractivity contribution in [1.82, 2.24) is 14.9 Å². The third-order valence-corrected chi connectivity index (χ3v) is 4.55. The molecule has 3 rings (SSSR count). The predicted molar refractivity (Wildman–Crippen MR) is 83.6 cm³/mol. The number of hydrogen-bond acceptors (Lipinski definition) is 5. The van der Waals surface area contributed by atoms with Gasteiger partial charge in [0.05, 0.1) is 6.61 Å². The summed E-state index contributed by atoms with van der Waals surface area (Å²) < 4.78 is 5.42. The maximum Gasteiger partial charge on any atom is 0.218 e. The van der Waals surface area contributed by atoms with Crippen molar-refractivity contribution in [2.24, 2.45) is 5.92 Å². The van der Waals surface area contributed by atoms with E-state index in [9.17, 15) is 0 Å². The molecule has 2 fully saturated rings. The van der Waals surface area contributed by atoms with E-state index in [1.54, 1.807) is 6.33 Å². The summed E-state index contributed by atoms with van der Waals surface area (Å²) in [5.41, 5.74) is 0. The highest BCUT2D eigenvalue weighted by atomic mass is 16.5. The molecule has 0 amide bonds. The molecule has 1 unspecified atom stereocenters. The number of hydrogen-bond donors (Lipinski definition) is 1. The molecule has 1 saturated carbocycles. The van der Waals surface area contributed by atoms with Crippen molar-refractivity contribution in [3.63, 3.8) is 0 Å². The van der Waals surface area contributed by atoms with Gasteiger partial charge in [-0.25, -0.2) is 9.97 Å². The Morgan fingerprint density at radius 1 is 1.29 bits per heavy atom. The summed E-state index contributed by atoms with van der Waals surface area (Å²) in [7, 11) is 0. The Bertz CT molecular complexity index is 448. The smallest absolute Gasteiger partial charge is 0.218 e. The highest BCUT2D eigenvalue weighted by Gasteiger charge is 2.26. The van der Waals surface area contributed by atoms with Gasteiger partial charge in [-0.15, -0.1) is 0 Å². The van der Waals surface area contributed by atoms with Crippen LogP contribution in [0.4, 0.5) is 5.82 Å². The molecule has 0 spiro atoms. The largest absolute Gasteiger partial charge is 0.478 e. The van der Waals surface area contributed by atoms with Gasteiger partial charge in [-0.1, -0.05) is 12.8 Å². The molecule has 0 radical (unpaired) electrons. The number of aromatic nitrogens is 2. The second-order valence-electron chi connectivity index (χ2n) is 6.21. The number of nitrogens with zero attached hydrogens (tertiary/aromatic N) is 3. The van der Waals surface area contributed by atoms with Gasteiger partial charge in [-0.05, 0) is 32.1 Å². The number of rotatable bonds is 6. The zero-order valence-corrected chi connectivity index (χ0v) is 12.9. The maximum atomic E-state index is 5.42. The number of anilines is 1. The Morgan fingerprint density at radius 2 is 2.14 bits per heavy atom. The second-order valence-corrected chi connectivity index (χ2v) is 6.21. The van der Waals surface area contributed by atoms with E-state index in [1.165, 1.54) is 45.2 Å². The van der Waals surface area contributed by atoms with Crippen molar-refractivity contribution < 1.29 is 4.74 Å². The molecule has 1 saturated heterocycles. The van der Waals surface area contributed by atoms with Gasteiger partial charge in [0.1, 0.15) is 12.1 Å². The van der Waals surface area contributed by atoms with Gasteiger partial charge >= 0.3 is 0 Å². The Labute approximate surface area is 127 Å². The third-order valence-electron chi connectivity index (χ3n) is 4.55. The molecule has 1 atom stereocenters. The number of ether oxygens (including phenoxy) is 1. The minimum absolute atomic E-state index is 0.496. The molecule has 5 heteroatoms. The summed E-state index contributed by atoms with van der Waals surface area (Å²) in [5.74, 6) is 2.46. The van der Waals surface area contributed by atoms with E-state index in [1.807, 2.05) is 13.0 Å². The molecule has 116 valence electrons. The first kappa shape index (κ1) is 14.6. The Hall–Kier alpha value is -1.36. The summed E-state index contributed by atoms with van der Waals surface area (Å²) in [6, 6.07) is 2.39. The van der Waals surface area contributed by atoms with Crippen molar-refractivity contribution >= 4 is 5.82 Å². The molecule has 21 heavy (non-hydrogen) atoms. The first-order valence-electron chi connectivity index (χ1n) is 8.27. The van der Waals surface area contributed by atoms with E-state index < -0.39 is 0 Å². The van der Waals surface area contributed by atoms with Crippen LogP contribution in [0.15, 0.2) is 12.4 Å². The molecule has 1 N–H and O–H groups in total. The van der Waals surface area contributed by atoms with Gasteiger partial charge in [0.25, 0.3) is 0 Å². The number of likely N-dealkylation sites (tertiary alicyclic amines) is 1. The van der Waals surface area contributed by atoms with Crippen LogP contribution in [-0.4, -0.2) is 47.2 Å². The van der Waals surface area contributed by atoms with Crippen LogP contribution < -0.4 is 10.1 Å². The van der Waals surface area contributed by atoms with E-state index >= 15 is 0 Å². The zero-order chi connectivity index (χ0) is 14.5. The molecule has 5 nitrogen and oxygen atoms in total. The van der Waals surface area contributed by atoms with Gasteiger partial charge < -0.3 is 15.0 Å². The van der Waals surface area contributed by atoms with Crippen LogP contribution in [-0.2, 0) is 0 Å². The lowest BCUT2D eigenvalue weighted by atomic mass is 10.1. The van der Waals surface area contributed by atoms with Crippen LogP contribution in [0.2, 0.25) is 0 Å². The molecule has 0 aromatic carbocycles. The van der Waals surface area contributed by atoms with Crippen molar-refractivity contribution in [2.75, 3.05) is 31.6 Å². The molecule has 1 aliphatic carbocycles. The molecular formula is C16H26N4O. The first-order chi connectivity index (χ1) is 10.3. The fourth-order valence-corrected chi connectivity index (χ4v) is 3.53. The molecule has 2 aliphatic rings. The quantitative estimate of drug-likeness (QED) is 0.872. The average Bonchev–Trinajstić information content (AvgIpc) is 3.12. The Balaban J connectivity index is 1.48. The van der Waals surface area contributed by atoms with Crippen molar-refractivity contribution in [2.45, 2.75) is 45.1 Å². The minimum Gasteiger partial charge on any atom is -0.478 e. The van der Waals surface area contributed by atoms with E-state index in [0.29, 0.717) is 18.5 Å². The zero-order valence-electron chi connectivity index (χ0n) is 12.9. The molecular weight excluding hydrogens is 264 g/mol. The summed E-state index contributed by atoms with van der Waals surface area (Å²) in [6.07, 6.45) is 8.48. The summed E-state index contributed by atoms with van der Waals surface area (Å²) >= 11 is 0. The summed E-state index contributed by atoms with van der Waals surface area (Å²) in [4.78, 5) is 11.0. The lowest BCUT2D eigenvalue weighted by molar-refractivity contribution is 0.278. The lowest BCUT2D eigenvalue weighted by Crippen LogP contribution is -2.30. The van der Waals surface area contributed by atoms with Crippen molar-refractivity contribution in [3.8, 4) is 5.88 Å². The van der Waals surface area contributed by atoms with Crippen molar-refractivity contribution in [1.29, 1.82) is 0 Å². The van der Waals surface area contributed by atoms with Crippen LogP contribution in [0, 0.1) is 5.92 Å². The molecule has 1 aromatic rings. The molecule has 2 heterocycles. The van der Waals surface area contributed by atoms with Crippen LogP contribution in [0.5, 0.6) is 5.88 Å². The average molecular weight is 290 g/mol. The normalized spacial score (nSPS) is 23.6. The van der Waals surface area contributed by atoms with E-state index in [4.69, 9.17) is 4.74 Å². The van der Waals surface area contributed by atoms with Gasteiger partial charge in [-0.3, -0.25) is 0 Å². The topological polar surface area (TPSA) is 50.3 Å². The standard InChI is InChI=1S/C16H26N4O/c1-2-21-16-9-15(17-12-18-16)19-14-7-8-20(11-14)10-13-5-3-4-6-13/h9,12-14H,2-8,10-11H2,1H3,(H,17,18,19). The van der Waals surface area contributed by atoms with Gasteiger partial charge in [0, 0.05) is 31.7 Å². The van der Waals surface area contributed by atoms with Crippen LogP contribution in [0.25, 0.3) is 0 Å². The Kier molecular flexibility index (Phi) is 4.91. The van der Waals surface area contributed by atoms with Gasteiger partial charge in [0.15, 0.2) is 0 Å². The highest BCUT2D eigenvalue weighted by Crippen LogP contribution is 2.27. The van der Waals surface area contributed by atoms with Crippen LogP contribution >= 0.6 is 0 Å². The predicted octanol–water partition coefficient (Wildman–Crippen LogP) is 2.55. The lowest BCUT2D eigenvalue weighted by Gasteiger charge is -2.20. The van der Waals surface area contributed by atoms with Gasteiger partial charge in [0.2, 0.25) is 5.88 Å². The molecule has 0 bridgehead atoms. The number of nitrogens with one attached hydrogen (secondary N) is 1. The summed E-state index contributed by atoms with van der Waals surface area (Å²) in [6.45, 7) is 6.22. The van der Waals surface area contributed by atoms with E-state index in [0.717, 1.165) is 18.3 Å². The fraction of sp³-hybridized carbons (Fsp3) is 0.750. The monoisotopic (exact) mass is 290 g/mol. The van der Waals surface area contributed by atoms with Crippen LogP contribution in [0.3, 0.4) is 0 Å². The molecule has 1 aromatic heterocycles. The minimum atomic E-state index is 0.496. The van der Waals surface area contributed by atoms with E-state index in [-0.39, 0.29) is 0 Å². The van der Waals surface area contributed by atoms with Crippen LogP contribution in [0.1, 0.15) is 39.0 Å². The molecule has 1 aliphatic heterocycles. The van der Waals surface area contributed by atoms with Crippen molar-refractivity contribution in [3.05, 3.63) is 12.4 Å². The highest BCUT2D eigenvalue weighted by molar-refractivity contribution is 5.38. The summed E-state index contributed by atoms with van der Waals surface area (Å²) in [5, 5.41) is 3.52. The SMILES string of the molecule is CCOc1cc(NC2CCN(CC3CCCC3)C2)ncn1. The first-order valence-corrected chi connectivity index (χ1v) is 8.27. The maximum absolute atomic E-state index is 5.42. The third kappa shape index (κ3) is 4.06. The second kappa shape index (κ2) is 7.07. The van der Waals surface area contributed by atoms with Gasteiger partial charge in [-0.2, -0.15) is 0 Å². The fourth-order valence-electron chi connectivity index (χ4n) is 3.53. The Morgan fingerprint density at radius 3 is 2.95 bits per heavy atom.